The minimum Gasteiger partial charge on any atom is -0.506 e. The molecule has 0 saturated carbocycles. The fourth-order valence-electron chi connectivity index (χ4n) is 3.04. The number of phenolic OH excluding ortho intramolecular Hbond substituents is 1. The van der Waals surface area contributed by atoms with Crippen molar-refractivity contribution in [1.29, 1.82) is 0 Å². The van der Waals surface area contributed by atoms with Crippen LogP contribution in [0.5, 0.6) is 5.75 Å². The topological polar surface area (TPSA) is 69.6 Å². The number of rotatable bonds is 3. The normalized spacial score (nSPS) is 20.2. The molecule has 1 heterocycles. The van der Waals surface area contributed by atoms with Crippen molar-refractivity contribution in [3.63, 3.8) is 0 Å². The number of halogens is 1. The zero-order chi connectivity index (χ0) is 17.3. The zero-order valence-corrected chi connectivity index (χ0v) is 13.8. The SMILES string of the molecule is CN1C(=O)C[C@@H](C(=O)Nc2cc(Cl)ccc2O)[C@@H]1c1ccccc1. The minimum atomic E-state index is -0.539. The molecule has 2 N–H and O–H groups in total. The van der Waals surface area contributed by atoms with Gasteiger partial charge in [0.1, 0.15) is 5.75 Å². The molecule has 0 spiro atoms. The maximum Gasteiger partial charge on any atom is 0.230 e. The molecule has 1 aliphatic heterocycles. The molecule has 124 valence electrons. The van der Waals surface area contributed by atoms with Gasteiger partial charge in [0.15, 0.2) is 0 Å². The fourth-order valence-corrected chi connectivity index (χ4v) is 3.22. The quantitative estimate of drug-likeness (QED) is 0.840. The molecule has 3 rings (SSSR count). The molecular weight excluding hydrogens is 328 g/mol. The van der Waals surface area contributed by atoms with Gasteiger partial charge >= 0.3 is 0 Å². The van der Waals surface area contributed by atoms with E-state index in [1.54, 1.807) is 11.9 Å². The first-order valence-electron chi connectivity index (χ1n) is 7.57. The lowest BCUT2D eigenvalue weighted by atomic mass is 9.93. The highest BCUT2D eigenvalue weighted by atomic mass is 35.5. The highest BCUT2D eigenvalue weighted by Gasteiger charge is 2.42. The smallest absolute Gasteiger partial charge is 0.230 e. The molecule has 1 fully saturated rings. The second kappa shape index (κ2) is 6.53. The Morgan fingerprint density at radius 3 is 2.67 bits per heavy atom. The summed E-state index contributed by atoms with van der Waals surface area (Å²) in [5.41, 5.74) is 1.14. The van der Waals surface area contributed by atoms with Gasteiger partial charge in [-0.15, -0.1) is 0 Å². The van der Waals surface area contributed by atoms with E-state index in [0.717, 1.165) is 5.56 Å². The molecule has 2 aromatic rings. The van der Waals surface area contributed by atoms with Gasteiger partial charge in [0.05, 0.1) is 17.6 Å². The van der Waals surface area contributed by atoms with E-state index in [4.69, 9.17) is 11.6 Å². The molecule has 1 saturated heterocycles. The Balaban J connectivity index is 1.87. The lowest BCUT2D eigenvalue weighted by Gasteiger charge is -2.25. The molecule has 2 atom stereocenters. The number of hydrogen-bond acceptors (Lipinski definition) is 3. The summed E-state index contributed by atoms with van der Waals surface area (Å²) < 4.78 is 0. The molecule has 0 radical (unpaired) electrons. The van der Waals surface area contributed by atoms with Crippen molar-refractivity contribution in [3.8, 4) is 5.75 Å². The summed E-state index contributed by atoms with van der Waals surface area (Å²) in [5.74, 6) is -1.01. The Morgan fingerprint density at radius 1 is 1.25 bits per heavy atom. The first-order chi connectivity index (χ1) is 11.5. The Labute approximate surface area is 144 Å². The van der Waals surface area contributed by atoms with E-state index in [9.17, 15) is 14.7 Å². The second-order valence-corrected chi connectivity index (χ2v) is 6.26. The molecule has 0 aliphatic carbocycles. The van der Waals surface area contributed by atoms with Gasteiger partial charge in [-0.05, 0) is 23.8 Å². The number of nitrogens with zero attached hydrogens (tertiary/aromatic N) is 1. The van der Waals surface area contributed by atoms with Crippen LogP contribution in [0, 0.1) is 5.92 Å². The maximum absolute atomic E-state index is 12.7. The van der Waals surface area contributed by atoms with Gasteiger partial charge in [0.25, 0.3) is 0 Å². The van der Waals surface area contributed by atoms with Crippen molar-refractivity contribution in [2.75, 3.05) is 12.4 Å². The molecule has 2 aromatic carbocycles. The molecule has 6 heteroatoms. The summed E-state index contributed by atoms with van der Waals surface area (Å²) in [6.07, 6.45) is 0.128. The number of hydrogen-bond donors (Lipinski definition) is 2. The van der Waals surface area contributed by atoms with E-state index in [0.29, 0.717) is 5.02 Å². The van der Waals surface area contributed by atoms with E-state index in [1.165, 1.54) is 18.2 Å². The maximum atomic E-state index is 12.7. The van der Waals surface area contributed by atoms with Gasteiger partial charge in [-0.2, -0.15) is 0 Å². The van der Waals surface area contributed by atoms with Crippen LogP contribution in [0.15, 0.2) is 48.5 Å². The van der Waals surface area contributed by atoms with Gasteiger partial charge in [0.2, 0.25) is 11.8 Å². The molecule has 0 aromatic heterocycles. The van der Waals surface area contributed by atoms with Crippen molar-refractivity contribution in [2.24, 2.45) is 5.92 Å². The summed E-state index contributed by atoms with van der Waals surface area (Å²) in [4.78, 5) is 26.4. The molecule has 5 nitrogen and oxygen atoms in total. The first-order valence-corrected chi connectivity index (χ1v) is 7.95. The van der Waals surface area contributed by atoms with Crippen LogP contribution in [0.25, 0.3) is 0 Å². The number of phenols is 1. The average molecular weight is 345 g/mol. The van der Waals surface area contributed by atoms with Crippen LogP contribution in [0.1, 0.15) is 18.0 Å². The number of carbonyl (C=O) groups excluding carboxylic acids is 2. The van der Waals surface area contributed by atoms with Gasteiger partial charge in [-0.1, -0.05) is 41.9 Å². The third-order valence-electron chi connectivity index (χ3n) is 4.28. The summed E-state index contributed by atoms with van der Waals surface area (Å²) in [6, 6.07) is 13.5. The van der Waals surface area contributed by atoms with Crippen LogP contribution in [0.4, 0.5) is 5.69 Å². The fraction of sp³-hybridized carbons (Fsp3) is 0.222. The van der Waals surface area contributed by atoms with E-state index < -0.39 is 5.92 Å². The molecule has 2 amide bonds. The molecular formula is C18H17ClN2O3. The van der Waals surface area contributed by atoms with Crippen molar-refractivity contribution in [2.45, 2.75) is 12.5 Å². The van der Waals surface area contributed by atoms with Crippen LogP contribution in [0.3, 0.4) is 0 Å². The Hall–Kier alpha value is -2.53. The number of anilines is 1. The van der Waals surface area contributed by atoms with Gasteiger partial charge in [0, 0.05) is 18.5 Å². The summed E-state index contributed by atoms with van der Waals surface area (Å²) in [7, 11) is 1.70. The van der Waals surface area contributed by atoms with E-state index in [-0.39, 0.29) is 35.7 Å². The number of carbonyl (C=O) groups is 2. The summed E-state index contributed by atoms with van der Waals surface area (Å²) >= 11 is 5.91. The number of likely N-dealkylation sites (tertiary alicyclic amines) is 1. The van der Waals surface area contributed by atoms with Crippen LogP contribution in [-0.4, -0.2) is 28.9 Å². The largest absolute Gasteiger partial charge is 0.506 e. The third-order valence-corrected chi connectivity index (χ3v) is 4.52. The minimum absolute atomic E-state index is 0.0679. The van der Waals surface area contributed by atoms with Crippen molar-refractivity contribution in [1.82, 2.24) is 4.90 Å². The number of benzene rings is 2. The molecule has 24 heavy (non-hydrogen) atoms. The Bertz CT molecular complexity index is 779. The molecule has 1 aliphatic rings. The zero-order valence-electron chi connectivity index (χ0n) is 13.1. The number of nitrogens with one attached hydrogen (secondary N) is 1. The first kappa shape index (κ1) is 16.3. The van der Waals surface area contributed by atoms with Crippen LogP contribution in [0.2, 0.25) is 5.02 Å². The Kier molecular flexibility index (Phi) is 4.44. The summed E-state index contributed by atoms with van der Waals surface area (Å²) in [6.45, 7) is 0. The lowest BCUT2D eigenvalue weighted by Crippen LogP contribution is -2.30. The van der Waals surface area contributed by atoms with E-state index >= 15 is 0 Å². The third kappa shape index (κ3) is 3.08. The van der Waals surface area contributed by atoms with E-state index in [1.807, 2.05) is 30.3 Å². The monoisotopic (exact) mass is 344 g/mol. The Morgan fingerprint density at radius 2 is 1.96 bits per heavy atom. The van der Waals surface area contributed by atoms with Crippen LogP contribution in [-0.2, 0) is 9.59 Å². The van der Waals surface area contributed by atoms with Crippen LogP contribution < -0.4 is 5.32 Å². The average Bonchev–Trinajstić information content (AvgIpc) is 2.87. The van der Waals surface area contributed by atoms with Crippen molar-refractivity contribution >= 4 is 29.1 Å². The van der Waals surface area contributed by atoms with Crippen molar-refractivity contribution < 1.29 is 14.7 Å². The highest BCUT2D eigenvalue weighted by molar-refractivity contribution is 6.31. The predicted molar refractivity (Wildman–Crippen MR) is 91.8 cm³/mol. The second-order valence-electron chi connectivity index (χ2n) is 5.82. The van der Waals surface area contributed by atoms with Gasteiger partial charge in [-0.3, -0.25) is 9.59 Å². The van der Waals surface area contributed by atoms with E-state index in [2.05, 4.69) is 5.32 Å². The number of aromatic hydroxyl groups is 1. The highest BCUT2D eigenvalue weighted by Crippen LogP contribution is 2.38. The summed E-state index contributed by atoms with van der Waals surface area (Å²) in [5, 5.41) is 12.9. The predicted octanol–water partition coefficient (Wildman–Crippen LogP) is 3.20. The molecule has 0 unspecified atom stereocenters. The van der Waals surface area contributed by atoms with Gasteiger partial charge in [-0.25, -0.2) is 0 Å². The lowest BCUT2D eigenvalue weighted by molar-refractivity contribution is -0.127. The van der Waals surface area contributed by atoms with Crippen LogP contribution >= 0.6 is 11.6 Å². The van der Waals surface area contributed by atoms with Gasteiger partial charge < -0.3 is 15.3 Å². The standard InChI is InChI=1S/C18H17ClN2O3/c1-21-16(23)10-13(17(21)11-5-3-2-4-6-11)18(24)20-14-9-12(19)7-8-15(14)22/h2-9,13,17,22H,10H2,1H3,(H,20,24)/t13-,17+/m1/s1. The number of amides is 2. The molecule has 0 bridgehead atoms. The van der Waals surface area contributed by atoms with Crippen molar-refractivity contribution in [3.05, 3.63) is 59.1 Å².